The maximum absolute atomic E-state index is 13.1. The van der Waals surface area contributed by atoms with Crippen LogP contribution in [0.15, 0.2) is 34.2 Å². The van der Waals surface area contributed by atoms with Crippen molar-refractivity contribution in [3.8, 4) is 6.07 Å². The lowest BCUT2D eigenvalue weighted by molar-refractivity contribution is -0.119. The van der Waals surface area contributed by atoms with Crippen LogP contribution in [0.1, 0.15) is 57.4 Å². The number of carbonyl (C=O) groups excluding carboxylic acids is 1. The van der Waals surface area contributed by atoms with Crippen molar-refractivity contribution in [1.82, 2.24) is 14.9 Å². The zero-order valence-electron chi connectivity index (χ0n) is 15.8. The van der Waals surface area contributed by atoms with Crippen LogP contribution in [0.5, 0.6) is 0 Å². The normalized spacial score (nSPS) is 19.0. The van der Waals surface area contributed by atoms with E-state index in [9.17, 15) is 14.9 Å². The first-order valence-corrected chi connectivity index (χ1v) is 11.0. The van der Waals surface area contributed by atoms with Gasteiger partial charge in [-0.15, -0.1) is 0 Å². The Morgan fingerprint density at radius 1 is 1.25 bits per heavy atom. The van der Waals surface area contributed by atoms with Gasteiger partial charge in [-0.2, -0.15) is 5.26 Å². The third-order valence-electron chi connectivity index (χ3n) is 5.85. The first-order valence-electron chi connectivity index (χ1n) is 9.98. The lowest BCUT2D eigenvalue weighted by Crippen LogP contribution is -2.45. The SMILES string of the molecule is N#CC1(NC(=O)CSc2nc3ccccc3c(=O)n2C2CCCC2)CCCC1. The van der Waals surface area contributed by atoms with Gasteiger partial charge in [0.05, 0.1) is 22.7 Å². The van der Waals surface area contributed by atoms with Crippen LogP contribution in [0.25, 0.3) is 10.9 Å². The Morgan fingerprint density at radius 3 is 2.68 bits per heavy atom. The predicted molar refractivity (Wildman–Crippen MR) is 109 cm³/mol. The number of hydrogen-bond donors (Lipinski definition) is 1. The molecule has 2 aromatic rings. The minimum atomic E-state index is -0.723. The summed E-state index contributed by atoms with van der Waals surface area (Å²) in [6.45, 7) is 0. The molecule has 0 bridgehead atoms. The molecule has 2 aliphatic rings. The highest BCUT2D eigenvalue weighted by atomic mass is 32.2. The average Bonchev–Trinajstić information content (AvgIpc) is 3.39. The highest BCUT2D eigenvalue weighted by Gasteiger charge is 2.35. The van der Waals surface area contributed by atoms with Crippen LogP contribution in [0.2, 0.25) is 0 Å². The van der Waals surface area contributed by atoms with Crippen LogP contribution >= 0.6 is 11.8 Å². The first kappa shape index (κ1) is 19.0. The molecule has 1 amide bonds. The molecule has 1 aromatic heterocycles. The van der Waals surface area contributed by atoms with E-state index in [1.165, 1.54) is 11.8 Å². The second kappa shape index (κ2) is 7.96. The molecule has 2 fully saturated rings. The van der Waals surface area contributed by atoms with Crippen molar-refractivity contribution < 1.29 is 4.79 Å². The molecule has 2 saturated carbocycles. The van der Waals surface area contributed by atoms with Crippen molar-refractivity contribution >= 4 is 28.6 Å². The highest BCUT2D eigenvalue weighted by Crippen LogP contribution is 2.32. The summed E-state index contributed by atoms with van der Waals surface area (Å²) >= 11 is 1.29. The second-order valence-corrected chi connectivity index (χ2v) is 8.71. The Balaban J connectivity index is 1.59. The van der Waals surface area contributed by atoms with Crippen molar-refractivity contribution in [3.63, 3.8) is 0 Å². The summed E-state index contributed by atoms with van der Waals surface area (Å²) in [5.41, 5.74) is -0.0850. The average molecular weight is 397 g/mol. The van der Waals surface area contributed by atoms with Gasteiger partial charge in [0.15, 0.2) is 5.16 Å². The molecular formula is C21H24N4O2S. The van der Waals surface area contributed by atoms with E-state index >= 15 is 0 Å². The Kier molecular flexibility index (Phi) is 5.40. The third-order valence-corrected chi connectivity index (χ3v) is 6.80. The first-order chi connectivity index (χ1) is 13.6. The molecule has 0 unspecified atom stereocenters. The lowest BCUT2D eigenvalue weighted by Gasteiger charge is -2.22. The van der Waals surface area contributed by atoms with E-state index in [-0.39, 0.29) is 23.3 Å². The van der Waals surface area contributed by atoms with E-state index in [2.05, 4.69) is 11.4 Å². The maximum Gasteiger partial charge on any atom is 0.262 e. The Labute approximate surface area is 168 Å². The summed E-state index contributed by atoms with van der Waals surface area (Å²) in [5.74, 6) is -0.0187. The molecule has 0 saturated heterocycles. The number of benzene rings is 1. The molecule has 1 N–H and O–H groups in total. The number of nitriles is 1. The number of thioether (sulfide) groups is 1. The van der Waals surface area contributed by atoms with Crippen molar-refractivity contribution in [2.24, 2.45) is 0 Å². The van der Waals surface area contributed by atoms with Gasteiger partial charge in [-0.1, -0.05) is 36.7 Å². The van der Waals surface area contributed by atoms with Gasteiger partial charge in [0.2, 0.25) is 5.91 Å². The van der Waals surface area contributed by atoms with Crippen LogP contribution in [0, 0.1) is 11.3 Å². The smallest absolute Gasteiger partial charge is 0.262 e. The standard InChI is InChI=1S/C21H24N4O2S/c22-14-21(11-5-6-12-21)24-18(26)13-28-20-23-17-10-4-3-9-16(17)19(27)25(20)15-7-1-2-8-15/h3-4,9-10,15H,1-2,5-8,11-13H2,(H,24,26). The maximum atomic E-state index is 13.1. The number of amides is 1. The number of fused-ring (bicyclic) bond motifs is 1. The van der Waals surface area contributed by atoms with Crippen molar-refractivity contribution in [2.45, 2.75) is 68.1 Å². The molecule has 28 heavy (non-hydrogen) atoms. The lowest BCUT2D eigenvalue weighted by atomic mass is 10.0. The molecule has 0 atom stereocenters. The zero-order valence-corrected chi connectivity index (χ0v) is 16.6. The molecule has 146 valence electrons. The van der Waals surface area contributed by atoms with Crippen LogP contribution in [0.3, 0.4) is 0 Å². The predicted octanol–water partition coefficient (Wildman–Crippen LogP) is 3.56. The van der Waals surface area contributed by atoms with Gasteiger partial charge in [0.1, 0.15) is 5.54 Å². The number of nitrogens with one attached hydrogen (secondary N) is 1. The van der Waals surface area contributed by atoms with Gasteiger partial charge in [0.25, 0.3) is 5.56 Å². The fraction of sp³-hybridized carbons (Fsp3) is 0.524. The van der Waals surface area contributed by atoms with Crippen LogP contribution in [-0.4, -0.2) is 26.8 Å². The zero-order chi connectivity index (χ0) is 19.6. The molecule has 1 heterocycles. The molecule has 4 rings (SSSR count). The Hall–Kier alpha value is -2.33. The monoisotopic (exact) mass is 396 g/mol. The number of nitrogens with zero attached hydrogens (tertiary/aromatic N) is 3. The van der Waals surface area contributed by atoms with E-state index in [1.54, 1.807) is 4.57 Å². The van der Waals surface area contributed by atoms with E-state index in [0.29, 0.717) is 28.9 Å². The summed E-state index contributed by atoms with van der Waals surface area (Å²) in [5, 5.41) is 13.6. The van der Waals surface area contributed by atoms with E-state index in [4.69, 9.17) is 4.98 Å². The largest absolute Gasteiger partial charge is 0.337 e. The molecule has 6 nitrogen and oxygen atoms in total. The topological polar surface area (TPSA) is 87.8 Å². The van der Waals surface area contributed by atoms with Gasteiger partial charge in [-0.25, -0.2) is 4.98 Å². The molecular weight excluding hydrogens is 372 g/mol. The minimum absolute atomic E-state index is 0.0234. The van der Waals surface area contributed by atoms with Crippen molar-refractivity contribution in [2.75, 3.05) is 5.75 Å². The number of aromatic nitrogens is 2. The summed E-state index contributed by atoms with van der Waals surface area (Å²) in [6.07, 6.45) is 7.51. The van der Waals surface area contributed by atoms with Gasteiger partial charge in [-0.3, -0.25) is 14.2 Å². The molecule has 0 radical (unpaired) electrons. The third kappa shape index (κ3) is 3.66. The van der Waals surface area contributed by atoms with E-state index in [1.807, 2.05) is 24.3 Å². The van der Waals surface area contributed by atoms with Crippen LogP contribution in [-0.2, 0) is 4.79 Å². The number of para-hydroxylation sites is 1. The summed E-state index contributed by atoms with van der Waals surface area (Å²) in [4.78, 5) is 30.3. The number of rotatable bonds is 5. The van der Waals surface area contributed by atoms with Gasteiger partial charge in [-0.05, 0) is 50.7 Å². The van der Waals surface area contributed by atoms with Crippen molar-refractivity contribution in [1.29, 1.82) is 5.26 Å². The molecule has 2 aliphatic carbocycles. The minimum Gasteiger partial charge on any atom is -0.337 e. The second-order valence-electron chi connectivity index (χ2n) is 7.76. The van der Waals surface area contributed by atoms with E-state index in [0.717, 1.165) is 38.5 Å². The van der Waals surface area contributed by atoms with E-state index < -0.39 is 5.54 Å². The fourth-order valence-corrected chi connectivity index (χ4v) is 5.25. The quantitative estimate of drug-likeness (QED) is 0.617. The molecule has 1 aromatic carbocycles. The molecule has 0 spiro atoms. The highest BCUT2D eigenvalue weighted by molar-refractivity contribution is 7.99. The summed E-state index contributed by atoms with van der Waals surface area (Å²) in [7, 11) is 0. The fourth-order valence-electron chi connectivity index (χ4n) is 4.39. The van der Waals surface area contributed by atoms with Gasteiger partial charge in [0, 0.05) is 6.04 Å². The molecule has 0 aliphatic heterocycles. The molecule has 7 heteroatoms. The van der Waals surface area contributed by atoms with Crippen molar-refractivity contribution in [3.05, 3.63) is 34.6 Å². The van der Waals surface area contributed by atoms with Gasteiger partial charge < -0.3 is 5.32 Å². The van der Waals surface area contributed by atoms with Crippen LogP contribution < -0.4 is 10.9 Å². The van der Waals surface area contributed by atoms with Gasteiger partial charge >= 0.3 is 0 Å². The van der Waals surface area contributed by atoms with Crippen LogP contribution in [0.4, 0.5) is 0 Å². The Bertz CT molecular complexity index is 982. The number of hydrogen-bond acceptors (Lipinski definition) is 5. The summed E-state index contributed by atoms with van der Waals surface area (Å²) in [6, 6.07) is 9.80. The summed E-state index contributed by atoms with van der Waals surface area (Å²) < 4.78 is 1.79. The Morgan fingerprint density at radius 2 is 1.96 bits per heavy atom. The number of carbonyl (C=O) groups is 1.